The molecule has 21 heavy (non-hydrogen) atoms. The van der Waals surface area contributed by atoms with Crippen LogP contribution in [-0.4, -0.2) is 6.04 Å². The Kier molecular flexibility index (Phi) is 3.66. The van der Waals surface area contributed by atoms with E-state index in [1.807, 2.05) is 0 Å². The van der Waals surface area contributed by atoms with Crippen LogP contribution in [0.2, 0.25) is 0 Å². The van der Waals surface area contributed by atoms with Gasteiger partial charge in [0.15, 0.2) is 0 Å². The van der Waals surface area contributed by atoms with E-state index < -0.39 is 0 Å². The smallest absolute Gasteiger partial charge is 0.0255 e. The molecule has 1 aromatic carbocycles. The maximum Gasteiger partial charge on any atom is 0.0255 e. The highest BCUT2D eigenvalue weighted by Crippen LogP contribution is 2.70. The second-order valence-electron chi connectivity index (χ2n) is 8.22. The molecule has 3 N–H and O–H groups in total. The van der Waals surface area contributed by atoms with E-state index >= 15 is 0 Å². The molecule has 0 amide bonds. The van der Waals surface area contributed by atoms with Crippen molar-refractivity contribution in [3.05, 3.63) is 35.4 Å². The Hall–Kier alpha value is -0.860. The van der Waals surface area contributed by atoms with Crippen molar-refractivity contribution in [2.75, 3.05) is 0 Å². The lowest BCUT2D eigenvalue weighted by atomic mass is 9.78. The maximum absolute atomic E-state index is 5.94. The molecule has 1 saturated carbocycles. The Morgan fingerprint density at radius 1 is 1.19 bits per heavy atom. The monoisotopic (exact) mass is 286 g/mol. The third-order valence-corrected chi connectivity index (χ3v) is 6.78. The third-order valence-electron chi connectivity index (χ3n) is 6.78. The molecule has 0 aromatic heterocycles. The van der Waals surface area contributed by atoms with Gasteiger partial charge >= 0.3 is 0 Å². The Balaban J connectivity index is 1.78. The molecule has 0 radical (unpaired) electrons. The van der Waals surface area contributed by atoms with Crippen LogP contribution in [-0.2, 0) is 6.42 Å². The lowest BCUT2D eigenvalue weighted by molar-refractivity contribution is 0.343. The van der Waals surface area contributed by atoms with E-state index in [0.29, 0.717) is 28.7 Å². The Labute approximate surface area is 129 Å². The molecule has 2 aliphatic carbocycles. The van der Waals surface area contributed by atoms with Crippen LogP contribution in [0, 0.1) is 16.7 Å². The van der Waals surface area contributed by atoms with E-state index in [1.54, 1.807) is 11.1 Å². The zero-order valence-corrected chi connectivity index (χ0v) is 13.9. The zero-order valence-electron chi connectivity index (χ0n) is 13.9. The first-order valence-electron chi connectivity index (χ1n) is 8.43. The first kappa shape index (κ1) is 15.1. The summed E-state index contributed by atoms with van der Waals surface area (Å²) in [6.45, 7) is 9.54. The summed E-state index contributed by atoms with van der Waals surface area (Å²) in [6.07, 6.45) is 5.04. The summed E-state index contributed by atoms with van der Waals surface area (Å²) in [4.78, 5) is 0. The Bertz CT molecular complexity index is 504. The van der Waals surface area contributed by atoms with E-state index in [4.69, 9.17) is 5.84 Å². The molecule has 116 valence electrons. The lowest BCUT2D eigenvalue weighted by Gasteiger charge is -2.29. The van der Waals surface area contributed by atoms with Gasteiger partial charge in [-0.3, -0.25) is 11.3 Å². The Morgan fingerprint density at radius 3 is 2.48 bits per heavy atom. The van der Waals surface area contributed by atoms with E-state index in [2.05, 4.69) is 57.4 Å². The number of rotatable bonds is 4. The molecule has 2 heteroatoms. The van der Waals surface area contributed by atoms with Gasteiger partial charge in [0, 0.05) is 6.04 Å². The predicted molar refractivity (Wildman–Crippen MR) is 88.9 cm³/mol. The molecule has 0 heterocycles. The van der Waals surface area contributed by atoms with Gasteiger partial charge in [-0.1, -0.05) is 52.0 Å². The van der Waals surface area contributed by atoms with Gasteiger partial charge in [-0.05, 0) is 59.5 Å². The molecule has 1 fully saturated rings. The highest BCUT2D eigenvalue weighted by molar-refractivity contribution is 5.33. The number of nitrogens with two attached hydrogens (primary N) is 1. The van der Waals surface area contributed by atoms with Gasteiger partial charge in [0.25, 0.3) is 0 Å². The van der Waals surface area contributed by atoms with Gasteiger partial charge in [-0.25, -0.2) is 0 Å². The van der Waals surface area contributed by atoms with Crippen LogP contribution in [0.25, 0.3) is 0 Å². The van der Waals surface area contributed by atoms with Crippen molar-refractivity contribution in [3.8, 4) is 0 Å². The van der Waals surface area contributed by atoms with Crippen LogP contribution in [0.5, 0.6) is 0 Å². The average Bonchev–Trinajstić information content (AvgIpc) is 2.87. The molecule has 0 saturated heterocycles. The van der Waals surface area contributed by atoms with Crippen LogP contribution in [0.15, 0.2) is 24.3 Å². The average molecular weight is 286 g/mol. The highest BCUT2D eigenvalue weighted by Gasteiger charge is 2.66. The van der Waals surface area contributed by atoms with E-state index in [9.17, 15) is 0 Å². The summed E-state index contributed by atoms with van der Waals surface area (Å²) in [6, 6.07) is 9.42. The summed E-state index contributed by atoms with van der Waals surface area (Å²) >= 11 is 0. The fourth-order valence-electron chi connectivity index (χ4n) is 4.96. The fourth-order valence-corrected chi connectivity index (χ4v) is 4.96. The molecule has 2 unspecified atom stereocenters. The molecule has 1 aromatic rings. The number of aryl methyl sites for hydroxylation is 1. The molecule has 0 bridgehead atoms. The number of fused-ring (bicyclic) bond motifs is 1. The van der Waals surface area contributed by atoms with Crippen LogP contribution in [0.1, 0.15) is 64.0 Å². The molecular weight excluding hydrogens is 256 g/mol. The number of nitrogens with one attached hydrogen (secondary N) is 1. The van der Waals surface area contributed by atoms with Crippen molar-refractivity contribution in [2.24, 2.45) is 22.6 Å². The number of hydrogen-bond donors (Lipinski definition) is 2. The summed E-state index contributed by atoms with van der Waals surface area (Å²) in [7, 11) is 0. The van der Waals surface area contributed by atoms with Crippen molar-refractivity contribution in [1.82, 2.24) is 5.43 Å². The van der Waals surface area contributed by atoms with Crippen molar-refractivity contribution in [3.63, 3.8) is 0 Å². The largest absolute Gasteiger partial charge is 0.271 e. The van der Waals surface area contributed by atoms with E-state index in [-0.39, 0.29) is 0 Å². The molecule has 3 rings (SSSR count). The number of hydrogen-bond acceptors (Lipinski definition) is 2. The quantitative estimate of drug-likeness (QED) is 0.648. The Morgan fingerprint density at radius 2 is 1.86 bits per heavy atom. The normalized spacial score (nSPS) is 28.0. The van der Waals surface area contributed by atoms with Gasteiger partial charge in [-0.2, -0.15) is 0 Å². The van der Waals surface area contributed by atoms with Crippen molar-refractivity contribution >= 4 is 0 Å². The van der Waals surface area contributed by atoms with Gasteiger partial charge in [0.1, 0.15) is 0 Å². The van der Waals surface area contributed by atoms with E-state index in [0.717, 1.165) is 0 Å². The van der Waals surface area contributed by atoms with Gasteiger partial charge in [-0.15, -0.1) is 0 Å². The van der Waals surface area contributed by atoms with Gasteiger partial charge in [0.2, 0.25) is 0 Å². The lowest BCUT2D eigenvalue weighted by Crippen LogP contribution is -2.40. The SMILES string of the molecule is CC1(C)C(C(CC2CCCc3ccccc32)NN)C1(C)C. The fraction of sp³-hybridized carbons (Fsp3) is 0.684. The summed E-state index contributed by atoms with van der Waals surface area (Å²) in [5.41, 5.74) is 7.05. The second kappa shape index (κ2) is 5.10. The standard InChI is InChI=1S/C19H30N2/c1-18(2)17(19(18,3)4)16(21-20)12-14-10-7-9-13-8-5-6-11-15(13)14/h5-6,8,11,14,16-17,21H,7,9-10,12,20H2,1-4H3. The van der Waals surface area contributed by atoms with E-state index in [1.165, 1.54) is 25.7 Å². The minimum absolute atomic E-state index is 0.387. The second-order valence-corrected chi connectivity index (χ2v) is 8.22. The summed E-state index contributed by atoms with van der Waals surface area (Å²) in [5.74, 6) is 7.28. The van der Waals surface area contributed by atoms with Crippen LogP contribution < -0.4 is 11.3 Å². The summed E-state index contributed by atoms with van der Waals surface area (Å²) in [5, 5.41) is 0. The number of hydrazine groups is 1. The minimum Gasteiger partial charge on any atom is -0.271 e. The van der Waals surface area contributed by atoms with Crippen molar-refractivity contribution < 1.29 is 0 Å². The van der Waals surface area contributed by atoms with Gasteiger partial charge < -0.3 is 0 Å². The van der Waals surface area contributed by atoms with Crippen LogP contribution in [0.4, 0.5) is 0 Å². The molecular formula is C19H30N2. The van der Waals surface area contributed by atoms with Crippen LogP contribution >= 0.6 is 0 Å². The van der Waals surface area contributed by atoms with Gasteiger partial charge in [0.05, 0.1) is 0 Å². The minimum atomic E-state index is 0.387. The zero-order chi connectivity index (χ0) is 15.3. The first-order chi connectivity index (χ1) is 9.89. The topological polar surface area (TPSA) is 38.0 Å². The predicted octanol–water partition coefficient (Wildman–Crippen LogP) is 4.01. The molecule has 2 atom stereocenters. The molecule has 2 nitrogen and oxygen atoms in total. The highest BCUT2D eigenvalue weighted by atomic mass is 15.2. The molecule has 2 aliphatic rings. The molecule has 0 spiro atoms. The summed E-state index contributed by atoms with van der Waals surface area (Å²) < 4.78 is 0. The van der Waals surface area contributed by atoms with Crippen molar-refractivity contribution in [2.45, 2.75) is 65.3 Å². The van der Waals surface area contributed by atoms with Crippen LogP contribution in [0.3, 0.4) is 0 Å². The first-order valence-corrected chi connectivity index (χ1v) is 8.43. The number of benzene rings is 1. The third kappa shape index (κ3) is 2.33. The van der Waals surface area contributed by atoms with Crippen molar-refractivity contribution in [1.29, 1.82) is 0 Å². The maximum atomic E-state index is 5.94. The molecule has 0 aliphatic heterocycles.